The molecule has 1 aromatic heterocycles. The van der Waals surface area contributed by atoms with Crippen molar-refractivity contribution in [1.29, 1.82) is 0 Å². The lowest BCUT2D eigenvalue weighted by Gasteiger charge is -2.32. The predicted molar refractivity (Wildman–Crippen MR) is 114 cm³/mol. The van der Waals surface area contributed by atoms with Crippen LogP contribution in [0.4, 0.5) is 17.5 Å². The van der Waals surface area contributed by atoms with Crippen molar-refractivity contribution in [2.24, 2.45) is 5.92 Å². The van der Waals surface area contributed by atoms with E-state index in [2.05, 4.69) is 82.8 Å². The molecule has 1 aliphatic rings. The normalized spacial score (nSPS) is 14.9. The number of rotatable bonds is 5. The number of aryl methyl sites for hydroxylation is 2. The van der Waals surface area contributed by atoms with Gasteiger partial charge < -0.3 is 10.2 Å². The molecule has 0 saturated carbocycles. The number of hydrogen-bond acceptors (Lipinski definition) is 5. The number of benzene rings is 2. The largest absolute Gasteiger partial charge is 0.355 e. The second-order valence-corrected chi connectivity index (χ2v) is 7.65. The lowest BCUT2D eigenvalue weighted by Crippen LogP contribution is -2.35. The summed E-state index contributed by atoms with van der Waals surface area (Å²) in [5.41, 5.74) is 4.85. The number of piperidine rings is 1. The maximum absolute atomic E-state index is 4.72. The second kappa shape index (κ2) is 8.38. The van der Waals surface area contributed by atoms with Gasteiger partial charge in [0.25, 0.3) is 0 Å². The average molecular weight is 374 g/mol. The van der Waals surface area contributed by atoms with E-state index in [0.717, 1.165) is 36.9 Å². The summed E-state index contributed by atoms with van der Waals surface area (Å²) in [4.78, 5) is 7.05. The minimum atomic E-state index is 0.557. The maximum Gasteiger partial charge on any atom is 0.249 e. The number of hydrogen-bond donors (Lipinski definition) is 1. The molecule has 0 amide bonds. The maximum atomic E-state index is 4.72. The number of anilines is 3. The molecule has 0 unspecified atom stereocenters. The Kier molecular flexibility index (Phi) is 5.51. The van der Waals surface area contributed by atoms with Crippen molar-refractivity contribution in [3.63, 3.8) is 0 Å². The second-order valence-electron chi connectivity index (χ2n) is 7.65. The number of nitrogens with one attached hydrogen (secondary N) is 1. The van der Waals surface area contributed by atoms with E-state index in [9.17, 15) is 0 Å². The van der Waals surface area contributed by atoms with Gasteiger partial charge in [0.05, 0.1) is 6.20 Å². The van der Waals surface area contributed by atoms with Gasteiger partial charge in [0, 0.05) is 18.8 Å². The van der Waals surface area contributed by atoms with Gasteiger partial charge in [0.1, 0.15) is 0 Å². The molecule has 5 heteroatoms. The standard InChI is InChI=1S/C23H27N5/c1-17-7-6-8-18(2)22(17)26-23-25-21(16-24-27-23)28-13-11-20(12-14-28)15-19-9-4-3-5-10-19/h3-10,16,20H,11-15H2,1-2H3,(H,25,26,27). The molecule has 0 radical (unpaired) electrons. The van der Waals surface area contributed by atoms with Crippen LogP contribution in [0.15, 0.2) is 54.7 Å². The Morgan fingerprint density at radius 2 is 1.68 bits per heavy atom. The first kappa shape index (κ1) is 18.4. The first-order valence-electron chi connectivity index (χ1n) is 10.0. The molecule has 1 fully saturated rings. The highest BCUT2D eigenvalue weighted by atomic mass is 15.3. The number of para-hydroxylation sites is 1. The zero-order valence-electron chi connectivity index (χ0n) is 16.6. The highest BCUT2D eigenvalue weighted by Gasteiger charge is 2.21. The predicted octanol–water partition coefficient (Wildman–Crippen LogP) is 4.69. The lowest BCUT2D eigenvalue weighted by atomic mass is 9.90. The Morgan fingerprint density at radius 3 is 2.39 bits per heavy atom. The monoisotopic (exact) mass is 373 g/mol. The lowest BCUT2D eigenvalue weighted by molar-refractivity contribution is 0.402. The Labute approximate surface area is 166 Å². The molecule has 0 bridgehead atoms. The minimum Gasteiger partial charge on any atom is -0.355 e. The van der Waals surface area contributed by atoms with Gasteiger partial charge in [-0.05, 0) is 55.7 Å². The van der Waals surface area contributed by atoms with Gasteiger partial charge in [0.2, 0.25) is 5.95 Å². The van der Waals surface area contributed by atoms with Crippen molar-refractivity contribution in [3.05, 3.63) is 71.4 Å². The van der Waals surface area contributed by atoms with E-state index >= 15 is 0 Å². The van der Waals surface area contributed by atoms with Crippen molar-refractivity contribution in [2.75, 3.05) is 23.3 Å². The Morgan fingerprint density at radius 1 is 0.964 bits per heavy atom. The summed E-state index contributed by atoms with van der Waals surface area (Å²) in [7, 11) is 0. The average Bonchev–Trinajstić information content (AvgIpc) is 2.72. The van der Waals surface area contributed by atoms with Crippen molar-refractivity contribution in [3.8, 4) is 0 Å². The molecular formula is C23H27N5. The van der Waals surface area contributed by atoms with Crippen LogP contribution in [0.3, 0.4) is 0 Å². The Balaban J connectivity index is 1.40. The molecule has 1 aliphatic heterocycles. The molecule has 144 valence electrons. The summed E-state index contributed by atoms with van der Waals surface area (Å²) in [6.07, 6.45) is 5.29. The van der Waals surface area contributed by atoms with Crippen LogP contribution < -0.4 is 10.2 Å². The van der Waals surface area contributed by atoms with E-state index in [4.69, 9.17) is 4.98 Å². The molecule has 0 spiro atoms. The van der Waals surface area contributed by atoms with Gasteiger partial charge >= 0.3 is 0 Å². The Hall–Kier alpha value is -2.95. The zero-order chi connectivity index (χ0) is 19.3. The van der Waals surface area contributed by atoms with Crippen molar-refractivity contribution < 1.29 is 0 Å². The highest BCUT2D eigenvalue weighted by Crippen LogP contribution is 2.26. The van der Waals surface area contributed by atoms with E-state index in [0.29, 0.717) is 5.95 Å². The van der Waals surface area contributed by atoms with Crippen molar-refractivity contribution in [1.82, 2.24) is 15.2 Å². The van der Waals surface area contributed by atoms with E-state index in [1.807, 2.05) is 0 Å². The fourth-order valence-electron chi connectivity index (χ4n) is 3.94. The SMILES string of the molecule is Cc1cccc(C)c1Nc1nncc(N2CCC(Cc3ccccc3)CC2)n1. The van der Waals surface area contributed by atoms with E-state index < -0.39 is 0 Å². The van der Waals surface area contributed by atoms with Crippen LogP contribution in [0.1, 0.15) is 29.5 Å². The molecule has 28 heavy (non-hydrogen) atoms. The number of nitrogens with zero attached hydrogens (tertiary/aromatic N) is 4. The van der Waals surface area contributed by atoms with Crippen LogP contribution in [0.5, 0.6) is 0 Å². The van der Waals surface area contributed by atoms with Crippen LogP contribution in [0.2, 0.25) is 0 Å². The molecule has 1 N–H and O–H groups in total. The van der Waals surface area contributed by atoms with Gasteiger partial charge in [0.15, 0.2) is 5.82 Å². The molecule has 2 aromatic carbocycles. The topological polar surface area (TPSA) is 53.9 Å². The summed E-state index contributed by atoms with van der Waals surface area (Å²) >= 11 is 0. The summed E-state index contributed by atoms with van der Waals surface area (Å²) in [5.74, 6) is 2.20. The first-order valence-corrected chi connectivity index (χ1v) is 10.0. The molecule has 3 aromatic rings. The summed E-state index contributed by atoms with van der Waals surface area (Å²) in [6, 6.07) is 17.0. The van der Waals surface area contributed by atoms with Gasteiger partial charge in [-0.2, -0.15) is 10.1 Å². The molecule has 2 heterocycles. The molecule has 0 atom stereocenters. The van der Waals surface area contributed by atoms with E-state index in [-0.39, 0.29) is 0 Å². The Bertz CT molecular complexity index is 897. The van der Waals surface area contributed by atoms with Crippen molar-refractivity contribution in [2.45, 2.75) is 33.1 Å². The van der Waals surface area contributed by atoms with Crippen LogP contribution in [-0.4, -0.2) is 28.3 Å². The quantitative estimate of drug-likeness (QED) is 0.703. The van der Waals surface area contributed by atoms with Gasteiger partial charge in [-0.1, -0.05) is 48.5 Å². The van der Waals surface area contributed by atoms with E-state index in [1.54, 1.807) is 6.20 Å². The zero-order valence-corrected chi connectivity index (χ0v) is 16.6. The first-order chi connectivity index (χ1) is 13.7. The highest BCUT2D eigenvalue weighted by molar-refractivity contribution is 5.63. The fourth-order valence-corrected chi connectivity index (χ4v) is 3.94. The number of aromatic nitrogens is 3. The molecule has 5 nitrogen and oxygen atoms in total. The van der Waals surface area contributed by atoms with Crippen LogP contribution >= 0.6 is 0 Å². The fraction of sp³-hybridized carbons (Fsp3) is 0.348. The van der Waals surface area contributed by atoms with Crippen molar-refractivity contribution >= 4 is 17.5 Å². The van der Waals surface area contributed by atoms with Gasteiger partial charge in [-0.15, -0.1) is 5.10 Å². The van der Waals surface area contributed by atoms with Crippen LogP contribution in [0.25, 0.3) is 0 Å². The molecule has 4 rings (SSSR count). The molecular weight excluding hydrogens is 346 g/mol. The summed E-state index contributed by atoms with van der Waals surface area (Å²) in [5, 5.41) is 11.7. The molecule has 0 aliphatic carbocycles. The van der Waals surface area contributed by atoms with Gasteiger partial charge in [-0.3, -0.25) is 0 Å². The third-order valence-electron chi connectivity index (χ3n) is 5.57. The van der Waals surface area contributed by atoms with Gasteiger partial charge in [-0.25, -0.2) is 0 Å². The van der Waals surface area contributed by atoms with Crippen LogP contribution in [0, 0.1) is 19.8 Å². The minimum absolute atomic E-state index is 0.557. The molecule has 1 saturated heterocycles. The third kappa shape index (κ3) is 4.30. The van der Waals surface area contributed by atoms with E-state index in [1.165, 1.54) is 29.5 Å². The third-order valence-corrected chi connectivity index (χ3v) is 5.57. The summed E-state index contributed by atoms with van der Waals surface area (Å²) < 4.78 is 0. The smallest absolute Gasteiger partial charge is 0.249 e. The van der Waals surface area contributed by atoms with Crippen LogP contribution in [-0.2, 0) is 6.42 Å². The summed E-state index contributed by atoms with van der Waals surface area (Å²) in [6.45, 7) is 6.20.